The molecule has 1 aromatic rings. The minimum Gasteiger partial charge on any atom is -0.496 e. The van der Waals surface area contributed by atoms with Crippen molar-refractivity contribution in [2.75, 3.05) is 33.3 Å². The number of nitrogens with zero attached hydrogens (tertiary/aromatic N) is 1. The van der Waals surface area contributed by atoms with Crippen LogP contribution in [-0.2, 0) is 0 Å². The van der Waals surface area contributed by atoms with Crippen LogP contribution in [0.25, 0.3) is 0 Å². The molecule has 0 amide bonds. The smallest absolute Gasteiger partial charge is 0.126 e. The molecule has 0 aliphatic carbocycles. The highest BCUT2D eigenvalue weighted by molar-refractivity contribution is 5.36. The number of hydrogen-bond acceptors (Lipinski definition) is 3. The summed E-state index contributed by atoms with van der Waals surface area (Å²) in [6, 6.07) is 5.28. The summed E-state index contributed by atoms with van der Waals surface area (Å²) in [6.07, 6.45) is 4.77. The first kappa shape index (κ1) is 16.2. The molecule has 1 fully saturated rings. The minimum absolute atomic E-state index is 0.233. The van der Waals surface area contributed by atoms with Gasteiger partial charge < -0.3 is 10.1 Å². The number of unbranched alkanes of at least 4 members (excludes halogenated alkanes) is 2. The summed E-state index contributed by atoms with van der Waals surface area (Å²) >= 11 is 0. The third kappa shape index (κ3) is 4.42. The Morgan fingerprint density at radius 1 is 1.29 bits per heavy atom. The van der Waals surface area contributed by atoms with E-state index in [0.717, 1.165) is 38.2 Å². The molecule has 118 valence electrons. The van der Waals surface area contributed by atoms with Crippen molar-refractivity contribution >= 4 is 0 Å². The Labute approximate surface area is 127 Å². The fourth-order valence-electron chi connectivity index (χ4n) is 3.08. The van der Waals surface area contributed by atoms with Gasteiger partial charge in [0.25, 0.3) is 0 Å². The molecule has 1 heterocycles. The molecule has 21 heavy (non-hydrogen) atoms. The zero-order valence-corrected chi connectivity index (χ0v) is 13.2. The van der Waals surface area contributed by atoms with Gasteiger partial charge in [0.15, 0.2) is 0 Å². The van der Waals surface area contributed by atoms with Crippen molar-refractivity contribution in [3.63, 3.8) is 0 Å². The SMILES string of the molecule is CCCCC[C@@H](c1ccc(F)cc1OC)N1CCNCC1. The Balaban J connectivity index is 2.20. The maximum atomic E-state index is 13.4. The van der Waals surface area contributed by atoms with E-state index in [1.165, 1.54) is 25.3 Å². The molecule has 1 aliphatic rings. The second kappa shape index (κ2) is 8.35. The highest BCUT2D eigenvalue weighted by atomic mass is 19.1. The molecule has 1 saturated heterocycles. The van der Waals surface area contributed by atoms with Gasteiger partial charge in [0.2, 0.25) is 0 Å². The van der Waals surface area contributed by atoms with E-state index in [1.54, 1.807) is 13.2 Å². The van der Waals surface area contributed by atoms with Gasteiger partial charge in [-0.1, -0.05) is 32.3 Å². The van der Waals surface area contributed by atoms with Gasteiger partial charge in [0.05, 0.1) is 7.11 Å². The summed E-state index contributed by atoms with van der Waals surface area (Å²) in [6.45, 7) is 6.34. The lowest BCUT2D eigenvalue weighted by atomic mass is 9.97. The lowest BCUT2D eigenvalue weighted by Crippen LogP contribution is -2.45. The first-order valence-electron chi connectivity index (χ1n) is 8.04. The first-order chi connectivity index (χ1) is 10.3. The van der Waals surface area contributed by atoms with Crippen LogP contribution in [0.2, 0.25) is 0 Å². The molecule has 0 radical (unpaired) electrons. The van der Waals surface area contributed by atoms with Gasteiger partial charge in [0.1, 0.15) is 11.6 Å². The Kier molecular flexibility index (Phi) is 6.46. The Morgan fingerprint density at radius 2 is 2.05 bits per heavy atom. The van der Waals surface area contributed by atoms with Gasteiger partial charge >= 0.3 is 0 Å². The molecular formula is C17H27FN2O. The molecule has 1 aliphatic heterocycles. The monoisotopic (exact) mass is 294 g/mol. The van der Waals surface area contributed by atoms with Crippen molar-refractivity contribution in [1.82, 2.24) is 10.2 Å². The molecule has 4 heteroatoms. The van der Waals surface area contributed by atoms with E-state index in [-0.39, 0.29) is 5.82 Å². The maximum absolute atomic E-state index is 13.4. The van der Waals surface area contributed by atoms with Crippen molar-refractivity contribution in [3.8, 4) is 5.75 Å². The maximum Gasteiger partial charge on any atom is 0.126 e. The molecular weight excluding hydrogens is 267 g/mol. The minimum atomic E-state index is -0.233. The average Bonchev–Trinajstić information content (AvgIpc) is 2.53. The number of benzene rings is 1. The van der Waals surface area contributed by atoms with E-state index in [4.69, 9.17) is 4.74 Å². The highest BCUT2D eigenvalue weighted by Gasteiger charge is 2.24. The third-order valence-electron chi connectivity index (χ3n) is 4.23. The second-order valence-electron chi connectivity index (χ2n) is 5.68. The predicted molar refractivity (Wildman–Crippen MR) is 84.3 cm³/mol. The van der Waals surface area contributed by atoms with Gasteiger partial charge in [-0.25, -0.2) is 4.39 Å². The molecule has 1 N–H and O–H groups in total. The fourth-order valence-corrected chi connectivity index (χ4v) is 3.08. The van der Waals surface area contributed by atoms with Crippen LogP contribution in [0.5, 0.6) is 5.75 Å². The topological polar surface area (TPSA) is 24.5 Å². The van der Waals surface area contributed by atoms with E-state index in [1.807, 2.05) is 6.07 Å². The summed E-state index contributed by atoms with van der Waals surface area (Å²) in [5.41, 5.74) is 1.12. The number of ether oxygens (including phenoxy) is 1. The molecule has 0 spiro atoms. The van der Waals surface area contributed by atoms with Crippen LogP contribution in [0.4, 0.5) is 4.39 Å². The van der Waals surface area contributed by atoms with Crippen LogP contribution < -0.4 is 10.1 Å². The first-order valence-corrected chi connectivity index (χ1v) is 8.04. The van der Waals surface area contributed by atoms with E-state index in [9.17, 15) is 4.39 Å². The van der Waals surface area contributed by atoms with Crippen molar-refractivity contribution in [2.45, 2.75) is 38.6 Å². The Hall–Kier alpha value is -1.13. The zero-order valence-electron chi connectivity index (χ0n) is 13.2. The summed E-state index contributed by atoms with van der Waals surface area (Å²) < 4.78 is 18.9. The standard InChI is InChI=1S/C17H27FN2O/c1-3-4-5-6-16(20-11-9-19-10-12-20)15-8-7-14(18)13-17(15)21-2/h7-8,13,16,19H,3-6,9-12H2,1-2H3/t16-/m0/s1. The summed E-state index contributed by atoms with van der Waals surface area (Å²) in [5.74, 6) is 0.443. The summed E-state index contributed by atoms with van der Waals surface area (Å²) in [7, 11) is 1.62. The highest BCUT2D eigenvalue weighted by Crippen LogP contribution is 2.34. The Bertz CT molecular complexity index is 433. The van der Waals surface area contributed by atoms with Crippen molar-refractivity contribution in [1.29, 1.82) is 0 Å². The predicted octanol–water partition coefficient (Wildman–Crippen LogP) is 3.36. The van der Waals surface area contributed by atoms with Gasteiger partial charge in [-0.2, -0.15) is 0 Å². The van der Waals surface area contributed by atoms with E-state index in [2.05, 4.69) is 17.1 Å². The van der Waals surface area contributed by atoms with Crippen LogP contribution in [0.3, 0.4) is 0 Å². The van der Waals surface area contributed by atoms with Crippen molar-refractivity contribution < 1.29 is 9.13 Å². The zero-order chi connectivity index (χ0) is 15.1. The van der Waals surface area contributed by atoms with Crippen molar-refractivity contribution in [2.24, 2.45) is 0 Å². The fraction of sp³-hybridized carbons (Fsp3) is 0.647. The normalized spacial score (nSPS) is 17.7. The Morgan fingerprint density at radius 3 is 2.71 bits per heavy atom. The van der Waals surface area contributed by atoms with Crippen LogP contribution in [0.1, 0.15) is 44.2 Å². The lowest BCUT2D eigenvalue weighted by Gasteiger charge is -2.36. The number of nitrogens with one attached hydrogen (secondary N) is 1. The molecule has 2 rings (SSSR count). The molecule has 0 aromatic heterocycles. The summed E-state index contributed by atoms with van der Waals surface area (Å²) in [4.78, 5) is 2.50. The summed E-state index contributed by atoms with van der Waals surface area (Å²) in [5, 5.41) is 3.39. The number of rotatable bonds is 7. The third-order valence-corrected chi connectivity index (χ3v) is 4.23. The van der Waals surface area contributed by atoms with E-state index < -0.39 is 0 Å². The molecule has 0 bridgehead atoms. The van der Waals surface area contributed by atoms with Crippen LogP contribution in [-0.4, -0.2) is 38.2 Å². The van der Waals surface area contributed by atoms with E-state index in [0.29, 0.717) is 11.8 Å². The van der Waals surface area contributed by atoms with E-state index >= 15 is 0 Å². The second-order valence-corrected chi connectivity index (χ2v) is 5.68. The van der Waals surface area contributed by atoms with Crippen LogP contribution in [0, 0.1) is 5.82 Å². The largest absolute Gasteiger partial charge is 0.496 e. The van der Waals surface area contributed by atoms with Gasteiger partial charge in [-0.3, -0.25) is 4.90 Å². The molecule has 1 aromatic carbocycles. The number of hydrogen-bond donors (Lipinski definition) is 1. The van der Waals surface area contributed by atoms with Crippen LogP contribution in [0.15, 0.2) is 18.2 Å². The van der Waals surface area contributed by atoms with Crippen molar-refractivity contribution in [3.05, 3.63) is 29.6 Å². The average molecular weight is 294 g/mol. The quantitative estimate of drug-likeness (QED) is 0.780. The van der Waals surface area contributed by atoms with Crippen LogP contribution >= 0.6 is 0 Å². The van der Waals surface area contributed by atoms with Gasteiger partial charge in [-0.05, 0) is 12.5 Å². The van der Waals surface area contributed by atoms with Gasteiger partial charge in [-0.15, -0.1) is 0 Å². The molecule has 0 saturated carbocycles. The molecule has 0 unspecified atom stereocenters. The number of methoxy groups -OCH3 is 1. The molecule has 1 atom stereocenters. The molecule has 3 nitrogen and oxygen atoms in total. The number of piperazine rings is 1. The number of halogens is 1. The lowest BCUT2D eigenvalue weighted by molar-refractivity contribution is 0.160. The van der Waals surface area contributed by atoms with Gasteiger partial charge in [0, 0.05) is 43.9 Å².